The Kier molecular flexibility index (Phi) is 5.85. The van der Waals surface area contributed by atoms with E-state index in [1.54, 1.807) is 0 Å². The predicted octanol–water partition coefficient (Wildman–Crippen LogP) is 3.82. The SMILES string of the molecule is CCCCOC(=O)C(C)Oc1ccc(C(F)(F)F)cc1. The molecule has 20 heavy (non-hydrogen) atoms. The van der Waals surface area contributed by atoms with Gasteiger partial charge in [-0.3, -0.25) is 0 Å². The van der Waals surface area contributed by atoms with Crippen molar-refractivity contribution in [2.45, 2.75) is 39.0 Å². The number of hydrogen-bond donors (Lipinski definition) is 0. The van der Waals surface area contributed by atoms with Gasteiger partial charge in [-0.2, -0.15) is 13.2 Å². The number of alkyl halides is 3. The lowest BCUT2D eigenvalue weighted by Crippen LogP contribution is -2.26. The molecule has 1 aromatic rings. The third-order valence-corrected chi connectivity index (χ3v) is 2.57. The van der Waals surface area contributed by atoms with E-state index in [4.69, 9.17) is 9.47 Å². The second-order valence-electron chi connectivity index (χ2n) is 4.30. The fourth-order valence-electron chi connectivity index (χ4n) is 1.41. The lowest BCUT2D eigenvalue weighted by atomic mass is 10.2. The van der Waals surface area contributed by atoms with Crippen molar-refractivity contribution >= 4 is 5.97 Å². The van der Waals surface area contributed by atoms with Crippen molar-refractivity contribution in [3.8, 4) is 5.75 Å². The maximum absolute atomic E-state index is 12.4. The number of benzene rings is 1. The molecule has 1 unspecified atom stereocenters. The molecule has 0 saturated carbocycles. The summed E-state index contributed by atoms with van der Waals surface area (Å²) in [7, 11) is 0. The molecule has 0 N–H and O–H groups in total. The molecule has 0 radical (unpaired) electrons. The van der Waals surface area contributed by atoms with Gasteiger partial charge in [-0.15, -0.1) is 0 Å². The highest BCUT2D eigenvalue weighted by Gasteiger charge is 2.30. The first-order valence-electron chi connectivity index (χ1n) is 6.35. The fourth-order valence-corrected chi connectivity index (χ4v) is 1.41. The van der Waals surface area contributed by atoms with Crippen molar-refractivity contribution in [1.29, 1.82) is 0 Å². The second kappa shape index (κ2) is 7.17. The quantitative estimate of drug-likeness (QED) is 0.590. The Hall–Kier alpha value is -1.72. The van der Waals surface area contributed by atoms with E-state index < -0.39 is 23.8 Å². The first-order valence-corrected chi connectivity index (χ1v) is 6.35. The van der Waals surface area contributed by atoms with E-state index in [0.717, 1.165) is 25.0 Å². The maximum atomic E-state index is 12.4. The molecule has 0 bridgehead atoms. The highest BCUT2D eigenvalue weighted by molar-refractivity contribution is 5.74. The molecule has 0 aliphatic rings. The van der Waals surface area contributed by atoms with Gasteiger partial charge < -0.3 is 9.47 Å². The van der Waals surface area contributed by atoms with Crippen molar-refractivity contribution in [2.24, 2.45) is 0 Å². The Labute approximate surface area is 115 Å². The molecule has 6 heteroatoms. The minimum absolute atomic E-state index is 0.193. The van der Waals surface area contributed by atoms with E-state index in [2.05, 4.69) is 0 Å². The van der Waals surface area contributed by atoms with Crippen molar-refractivity contribution in [1.82, 2.24) is 0 Å². The number of unbranched alkanes of at least 4 members (excludes halogenated alkanes) is 1. The lowest BCUT2D eigenvalue weighted by molar-refractivity contribution is -0.151. The zero-order valence-electron chi connectivity index (χ0n) is 11.4. The number of halogens is 3. The molecular formula is C14H17F3O3. The van der Waals surface area contributed by atoms with E-state index in [9.17, 15) is 18.0 Å². The summed E-state index contributed by atoms with van der Waals surface area (Å²) in [4.78, 5) is 11.5. The Bertz CT molecular complexity index is 426. The summed E-state index contributed by atoms with van der Waals surface area (Å²) < 4.78 is 47.3. The standard InChI is InChI=1S/C14H17F3O3/c1-3-4-9-19-13(18)10(2)20-12-7-5-11(6-8-12)14(15,16)17/h5-8,10H,3-4,9H2,1-2H3. The predicted molar refractivity (Wildman–Crippen MR) is 67.4 cm³/mol. The molecule has 1 atom stereocenters. The summed E-state index contributed by atoms with van der Waals surface area (Å²) in [5.41, 5.74) is -0.761. The molecule has 0 amide bonds. The Morgan fingerprint density at radius 2 is 1.85 bits per heavy atom. The minimum Gasteiger partial charge on any atom is -0.479 e. The van der Waals surface area contributed by atoms with Crippen LogP contribution in [0.4, 0.5) is 13.2 Å². The van der Waals surface area contributed by atoms with Gasteiger partial charge in [-0.25, -0.2) is 4.79 Å². The van der Waals surface area contributed by atoms with Gasteiger partial charge in [0.2, 0.25) is 0 Å². The van der Waals surface area contributed by atoms with Crippen LogP contribution in [0.1, 0.15) is 32.3 Å². The number of carbonyl (C=O) groups excluding carboxylic acids is 1. The van der Waals surface area contributed by atoms with Gasteiger partial charge in [0.25, 0.3) is 0 Å². The Morgan fingerprint density at radius 3 is 2.35 bits per heavy atom. The highest BCUT2D eigenvalue weighted by atomic mass is 19.4. The Morgan fingerprint density at radius 1 is 1.25 bits per heavy atom. The molecule has 1 rings (SSSR count). The topological polar surface area (TPSA) is 35.5 Å². The van der Waals surface area contributed by atoms with Crippen LogP contribution in [0.5, 0.6) is 5.75 Å². The summed E-state index contributed by atoms with van der Waals surface area (Å²) in [6.07, 6.45) is -3.58. The zero-order chi connectivity index (χ0) is 15.2. The van der Waals surface area contributed by atoms with Crippen LogP contribution in [0.2, 0.25) is 0 Å². The molecule has 112 valence electrons. The molecule has 0 saturated heterocycles. The van der Waals surface area contributed by atoms with Crippen molar-refractivity contribution < 1.29 is 27.4 Å². The molecule has 0 aromatic heterocycles. The lowest BCUT2D eigenvalue weighted by Gasteiger charge is -2.14. The summed E-state index contributed by atoms with van der Waals surface area (Å²) in [6, 6.07) is 4.17. The van der Waals surface area contributed by atoms with Gasteiger partial charge in [0.1, 0.15) is 5.75 Å². The summed E-state index contributed by atoms with van der Waals surface area (Å²) in [5.74, 6) is -0.337. The van der Waals surface area contributed by atoms with Crippen LogP contribution in [0.15, 0.2) is 24.3 Å². The van der Waals surface area contributed by atoms with Crippen molar-refractivity contribution in [2.75, 3.05) is 6.61 Å². The van der Waals surface area contributed by atoms with Crippen LogP contribution in [0.3, 0.4) is 0 Å². The number of esters is 1. The molecule has 0 heterocycles. The first kappa shape index (κ1) is 16.3. The monoisotopic (exact) mass is 290 g/mol. The molecule has 0 aliphatic carbocycles. The van der Waals surface area contributed by atoms with Gasteiger partial charge >= 0.3 is 12.1 Å². The average molecular weight is 290 g/mol. The molecule has 0 fully saturated rings. The van der Waals surface area contributed by atoms with E-state index in [0.29, 0.717) is 6.61 Å². The summed E-state index contributed by atoms with van der Waals surface area (Å²) in [6.45, 7) is 3.78. The van der Waals surface area contributed by atoms with Crippen molar-refractivity contribution in [3.63, 3.8) is 0 Å². The molecule has 1 aromatic carbocycles. The molecule has 0 spiro atoms. The summed E-state index contributed by atoms with van der Waals surface area (Å²) >= 11 is 0. The normalized spacial score (nSPS) is 12.8. The number of rotatable bonds is 6. The number of carbonyl (C=O) groups is 1. The van der Waals surface area contributed by atoms with Crippen molar-refractivity contribution in [3.05, 3.63) is 29.8 Å². The van der Waals surface area contributed by atoms with Gasteiger partial charge in [0, 0.05) is 0 Å². The largest absolute Gasteiger partial charge is 0.479 e. The first-order chi connectivity index (χ1) is 9.34. The fraction of sp³-hybridized carbons (Fsp3) is 0.500. The van der Waals surface area contributed by atoms with Crippen LogP contribution in [0, 0.1) is 0 Å². The average Bonchev–Trinajstić information content (AvgIpc) is 2.38. The zero-order valence-corrected chi connectivity index (χ0v) is 11.4. The van der Waals surface area contributed by atoms with Crippen LogP contribution in [-0.2, 0) is 15.7 Å². The third-order valence-electron chi connectivity index (χ3n) is 2.57. The van der Waals surface area contributed by atoms with E-state index in [1.165, 1.54) is 19.1 Å². The van der Waals surface area contributed by atoms with Crippen LogP contribution >= 0.6 is 0 Å². The van der Waals surface area contributed by atoms with Gasteiger partial charge in [0.15, 0.2) is 6.10 Å². The van der Waals surface area contributed by atoms with Gasteiger partial charge in [0.05, 0.1) is 12.2 Å². The van der Waals surface area contributed by atoms with Crippen LogP contribution in [-0.4, -0.2) is 18.7 Å². The van der Waals surface area contributed by atoms with Gasteiger partial charge in [-0.1, -0.05) is 13.3 Å². The Balaban J connectivity index is 2.53. The summed E-state index contributed by atoms with van der Waals surface area (Å²) in [5, 5.41) is 0. The molecular weight excluding hydrogens is 273 g/mol. The third kappa shape index (κ3) is 5.11. The second-order valence-corrected chi connectivity index (χ2v) is 4.30. The maximum Gasteiger partial charge on any atom is 0.416 e. The van der Waals surface area contributed by atoms with Crippen LogP contribution < -0.4 is 4.74 Å². The smallest absolute Gasteiger partial charge is 0.416 e. The highest BCUT2D eigenvalue weighted by Crippen LogP contribution is 2.30. The minimum atomic E-state index is -4.39. The van der Waals surface area contributed by atoms with E-state index >= 15 is 0 Å². The number of ether oxygens (including phenoxy) is 2. The molecule has 0 aliphatic heterocycles. The van der Waals surface area contributed by atoms with E-state index in [1.807, 2.05) is 6.92 Å². The molecule has 3 nitrogen and oxygen atoms in total. The number of hydrogen-bond acceptors (Lipinski definition) is 3. The van der Waals surface area contributed by atoms with E-state index in [-0.39, 0.29) is 5.75 Å². The van der Waals surface area contributed by atoms with Crippen LogP contribution in [0.25, 0.3) is 0 Å². The van der Waals surface area contributed by atoms with Gasteiger partial charge in [-0.05, 0) is 37.6 Å².